The van der Waals surface area contributed by atoms with Gasteiger partial charge in [-0.3, -0.25) is 4.79 Å². The van der Waals surface area contributed by atoms with Crippen molar-refractivity contribution in [2.24, 2.45) is 0 Å². The largest absolute Gasteiger partial charge is 0.486 e. The van der Waals surface area contributed by atoms with Crippen molar-refractivity contribution in [3.05, 3.63) is 29.3 Å². The first-order valence-corrected chi connectivity index (χ1v) is 9.26. The number of benzene rings is 1. The highest BCUT2D eigenvalue weighted by atomic mass is 32.2. The second-order valence-corrected chi connectivity index (χ2v) is 7.28. The predicted octanol–water partition coefficient (Wildman–Crippen LogP) is 3.77. The smallest absolute Gasteiger partial charge is 0.236 e. The normalized spacial score (nSPS) is 13.2. The molecular weight excluding hydrogens is 332 g/mol. The zero-order valence-electron chi connectivity index (χ0n) is 13.0. The van der Waals surface area contributed by atoms with Gasteiger partial charge in [-0.1, -0.05) is 13.8 Å². The van der Waals surface area contributed by atoms with Crippen LogP contribution in [0.15, 0.2) is 28.5 Å². The molecule has 1 aromatic heterocycles. The molecule has 7 heteroatoms. The van der Waals surface area contributed by atoms with E-state index in [1.54, 1.807) is 0 Å². The van der Waals surface area contributed by atoms with Crippen LogP contribution in [0.1, 0.15) is 25.5 Å². The number of amides is 1. The number of fused-ring (bicyclic) bond motifs is 1. The van der Waals surface area contributed by atoms with Crippen LogP contribution in [0.5, 0.6) is 11.5 Å². The summed E-state index contributed by atoms with van der Waals surface area (Å²) in [6.45, 7) is 5.30. The second-order valence-electron chi connectivity index (χ2n) is 5.37. The summed E-state index contributed by atoms with van der Waals surface area (Å²) in [6.07, 6.45) is 0. The summed E-state index contributed by atoms with van der Waals surface area (Å²) < 4.78 is 11.0. The van der Waals surface area contributed by atoms with E-state index in [1.807, 2.05) is 23.6 Å². The minimum absolute atomic E-state index is 0.0606. The number of hydrogen-bond donors (Lipinski definition) is 1. The van der Waals surface area contributed by atoms with Gasteiger partial charge in [-0.2, -0.15) is 0 Å². The van der Waals surface area contributed by atoms with Crippen LogP contribution in [0.2, 0.25) is 0 Å². The molecule has 5 nitrogen and oxygen atoms in total. The highest BCUT2D eigenvalue weighted by Crippen LogP contribution is 2.34. The van der Waals surface area contributed by atoms with Crippen LogP contribution in [-0.2, 0) is 4.79 Å². The highest BCUT2D eigenvalue weighted by Gasteiger charge is 2.13. The topological polar surface area (TPSA) is 60.5 Å². The highest BCUT2D eigenvalue weighted by molar-refractivity contribution is 8.00. The third kappa shape index (κ3) is 4.17. The summed E-state index contributed by atoms with van der Waals surface area (Å²) >= 11 is 2.92. The number of carbonyl (C=O) groups is 1. The van der Waals surface area contributed by atoms with Crippen LogP contribution in [0, 0.1) is 0 Å². The van der Waals surface area contributed by atoms with E-state index in [0.29, 0.717) is 30.0 Å². The minimum Gasteiger partial charge on any atom is -0.486 e. The van der Waals surface area contributed by atoms with Crippen molar-refractivity contribution >= 4 is 34.1 Å². The van der Waals surface area contributed by atoms with Gasteiger partial charge < -0.3 is 14.8 Å². The molecule has 1 aromatic carbocycles. The first-order valence-electron chi connectivity index (χ1n) is 7.39. The number of aromatic nitrogens is 1. The summed E-state index contributed by atoms with van der Waals surface area (Å²) in [7, 11) is 0. The molecule has 0 atom stereocenters. The van der Waals surface area contributed by atoms with Crippen LogP contribution < -0.4 is 14.8 Å². The van der Waals surface area contributed by atoms with Gasteiger partial charge in [0.2, 0.25) is 5.91 Å². The Morgan fingerprint density at radius 2 is 2.13 bits per heavy atom. The Labute approximate surface area is 143 Å². The van der Waals surface area contributed by atoms with E-state index in [0.717, 1.165) is 22.1 Å². The Hall–Kier alpha value is -1.73. The van der Waals surface area contributed by atoms with Gasteiger partial charge in [0.05, 0.1) is 11.4 Å². The van der Waals surface area contributed by atoms with Crippen LogP contribution in [0.25, 0.3) is 0 Å². The van der Waals surface area contributed by atoms with Crippen molar-refractivity contribution in [1.82, 2.24) is 4.98 Å². The van der Waals surface area contributed by atoms with Crippen molar-refractivity contribution in [1.29, 1.82) is 0 Å². The molecule has 2 heterocycles. The molecule has 0 aliphatic carbocycles. The van der Waals surface area contributed by atoms with E-state index in [2.05, 4.69) is 24.1 Å². The monoisotopic (exact) mass is 350 g/mol. The van der Waals surface area contributed by atoms with Crippen LogP contribution >= 0.6 is 23.1 Å². The SMILES string of the molecule is CC(C)c1csc(NC(=O)CSc2ccc3c(c2)OCCO3)n1. The molecule has 0 unspecified atom stereocenters. The standard InChI is InChI=1S/C16H18N2O3S2/c1-10(2)12-8-23-16(17-12)18-15(19)9-22-11-3-4-13-14(7-11)21-6-5-20-13/h3-4,7-8,10H,5-6,9H2,1-2H3,(H,17,18,19). The first-order chi connectivity index (χ1) is 11.1. The Balaban J connectivity index is 1.54. The summed E-state index contributed by atoms with van der Waals surface area (Å²) in [5.41, 5.74) is 1.00. The molecule has 3 rings (SSSR count). The van der Waals surface area contributed by atoms with Gasteiger partial charge >= 0.3 is 0 Å². The Bertz CT molecular complexity index is 700. The number of anilines is 1. The van der Waals surface area contributed by atoms with Gasteiger partial charge in [-0.25, -0.2) is 4.98 Å². The van der Waals surface area contributed by atoms with Gasteiger partial charge in [0, 0.05) is 10.3 Å². The molecule has 0 spiro atoms. The first kappa shape index (κ1) is 16.1. The Kier molecular flexibility index (Phi) is 5.07. The Morgan fingerprint density at radius 1 is 1.35 bits per heavy atom. The van der Waals surface area contributed by atoms with E-state index in [1.165, 1.54) is 23.1 Å². The van der Waals surface area contributed by atoms with E-state index in [-0.39, 0.29) is 5.91 Å². The molecular formula is C16H18N2O3S2. The van der Waals surface area contributed by atoms with Crippen molar-refractivity contribution in [2.75, 3.05) is 24.3 Å². The van der Waals surface area contributed by atoms with E-state index >= 15 is 0 Å². The van der Waals surface area contributed by atoms with Gasteiger partial charge in [0.15, 0.2) is 16.6 Å². The lowest BCUT2D eigenvalue weighted by molar-refractivity contribution is -0.113. The van der Waals surface area contributed by atoms with Crippen LogP contribution in [0.3, 0.4) is 0 Å². The zero-order valence-corrected chi connectivity index (χ0v) is 14.6. The number of thioether (sulfide) groups is 1. The molecule has 2 aromatic rings. The maximum atomic E-state index is 12.0. The average Bonchev–Trinajstić information content (AvgIpc) is 3.01. The molecule has 122 valence electrons. The lowest BCUT2D eigenvalue weighted by Crippen LogP contribution is -2.15. The number of rotatable bonds is 5. The molecule has 0 bridgehead atoms. The van der Waals surface area contributed by atoms with Gasteiger partial charge in [0.25, 0.3) is 0 Å². The number of thiazole rings is 1. The minimum atomic E-state index is -0.0606. The summed E-state index contributed by atoms with van der Waals surface area (Å²) in [5.74, 6) is 2.13. The summed E-state index contributed by atoms with van der Waals surface area (Å²) in [4.78, 5) is 17.4. The molecule has 1 aliphatic rings. The average molecular weight is 350 g/mol. The lowest BCUT2D eigenvalue weighted by atomic mass is 10.2. The maximum absolute atomic E-state index is 12.0. The molecule has 23 heavy (non-hydrogen) atoms. The Morgan fingerprint density at radius 3 is 2.87 bits per heavy atom. The second kappa shape index (κ2) is 7.23. The van der Waals surface area contributed by atoms with Gasteiger partial charge in [-0.05, 0) is 24.1 Å². The number of nitrogens with zero attached hydrogens (tertiary/aromatic N) is 1. The van der Waals surface area contributed by atoms with E-state index in [4.69, 9.17) is 9.47 Å². The molecule has 1 amide bonds. The molecule has 1 aliphatic heterocycles. The van der Waals surface area contributed by atoms with Crippen molar-refractivity contribution < 1.29 is 14.3 Å². The predicted molar refractivity (Wildman–Crippen MR) is 93.0 cm³/mol. The van der Waals surface area contributed by atoms with Crippen molar-refractivity contribution in [2.45, 2.75) is 24.7 Å². The van der Waals surface area contributed by atoms with Crippen molar-refractivity contribution in [3.63, 3.8) is 0 Å². The molecule has 0 saturated heterocycles. The number of hydrogen-bond acceptors (Lipinski definition) is 6. The van der Waals surface area contributed by atoms with E-state index < -0.39 is 0 Å². The zero-order chi connectivity index (χ0) is 16.2. The molecule has 0 radical (unpaired) electrons. The third-order valence-electron chi connectivity index (χ3n) is 3.24. The summed E-state index contributed by atoms with van der Waals surface area (Å²) in [6, 6.07) is 5.73. The fourth-order valence-corrected chi connectivity index (χ4v) is 3.64. The lowest BCUT2D eigenvalue weighted by Gasteiger charge is -2.18. The number of carbonyl (C=O) groups excluding carboxylic acids is 1. The van der Waals surface area contributed by atoms with Gasteiger partial charge in [-0.15, -0.1) is 23.1 Å². The quantitative estimate of drug-likeness (QED) is 0.832. The molecule has 1 N–H and O–H groups in total. The molecule has 0 saturated carbocycles. The fraction of sp³-hybridized carbons (Fsp3) is 0.375. The van der Waals surface area contributed by atoms with Crippen molar-refractivity contribution in [3.8, 4) is 11.5 Å². The molecule has 0 fully saturated rings. The van der Waals surface area contributed by atoms with E-state index in [9.17, 15) is 4.79 Å². The third-order valence-corrected chi connectivity index (χ3v) is 5.01. The van der Waals surface area contributed by atoms with Crippen LogP contribution in [0.4, 0.5) is 5.13 Å². The number of nitrogens with one attached hydrogen (secondary N) is 1. The maximum Gasteiger partial charge on any atom is 0.236 e. The summed E-state index contributed by atoms with van der Waals surface area (Å²) in [5, 5.41) is 5.48. The van der Waals surface area contributed by atoms with Crippen LogP contribution in [-0.4, -0.2) is 29.9 Å². The fourth-order valence-electron chi connectivity index (χ4n) is 2.03. The number of ether oxygens (including phenoxy) is 2. The van der Waals surface area contributed by atoms with Gasteiger partial charge in [0.1, 0.15) is 13.2 Å².